The lowest BCUT2D eigenvalue weighted by Crippen LogP contribution is -2.23. The first-order chi connectivity index (χ1) is 10.0. The molecule has 0 amide bonds. The highest BCUT2D eigenvalue weighted by atomic mass is 35.5. The highest BCUT2D eigenvalue weighted by molar-refractivity contribution is 6.28. The number of aromatic nitrogens is 3. The Morgan fingerprint density at radius 2 is 1.81 bits per heavy atom. The second-order valence-corrected chi connectivity index (χ2v) is 6.63. The first kappa shape index (κ1) is 16.3. The third-order valence-corrected chi connectivity index (χ3v) is 3.95. The van der Waals surface area contributed by atoms with Crippen LogP contribution in [0.1, 0.15) is 52.9 Å². The molecule has 21 heavy (non-hydrogen) atoms. The minimum atomic E-state index is 0.267. The van der Waals surface area contributed by atoms with E-state index in [2.05, 4.69) is 45.9 Å². The third-order valence-electron chi connectivity index (χ3n) is 3.78. The molecule has 6 heteroatoms. The molecule has 118 valence electrons. The summed E-state index contributed by atoms with van der Waals surface area (Å²) in [7, 11) is 0. The van der Waals surface area contributed by atoms with Crippen LogP contribution in [-0.2, 0) is 0 Å². The van der Waals surface area contributed by atoms with Gasteiger partial charge >= 0.3 is 0 Å². The molecule has 0 radical (unpaired) electrons. The van der Waals surface area contributed by atoms with E-state index in [1.165, 1.54) is 25.7 Å². The molecule has 1 aromatic rings. The molecule has 1 aromatic heterocycles. The van der Waals surface area contributed by atoms with Crippen molar-refractivity contribution in [2.45, 2.75) is 58.9 Å². The van der Waals surface area contributed by atoms with Crippen molar-refractivity contribution >= 4 is 23.5 Å². The van der Waals surface area contributed by atoms with E-state index in [9.17, 15) is 0 Å². The van der Waals surface area contributed by atoms with Crippen molar-refractivity contribution in [2.75, 3.05) is 23.3 Å². The van der Waals surface area contributed by atoms with Crippen molar-refractivity contribution in [3.8, 4) is 0 Å². The zero-order chi connectivity index (χ0) is 15.2. The number of anilines is 2. The summed E-state index contributed by atoms with van der Waals surface area (Å²) in [5.41, 5.74) is 0. The van der Waals surface area contributed by atoms with Crippen molar-refractivity contribution < 1.29 is 0 Å². The number of hydrogen-bond acceptors (Lipinski definition) is 5. The van der Waals surface area contributed by atoms with Crippen LogP contribution in [-0.4, -0.2) is 34.1 Å². The van der Waals surface area contributed by atoms with E-state index >= 15 is 0 Å². The first-order valence-corrected chi connectivity index (χ1v) is 8.35. The Balaban J connectivity index is 1.92. The average molecular weight is 312 g/mol. The maximum Gasteiger partial charge on any atom is 0.231 e. The molecule has 1 unspecified atom stereocenters. The number of halogens is 1. The molecule has 1 N–H and O–H groups in total. The highest BCUT2D eigenvalue weighted by Crippen LogP contribution is 2.19. The van der Waals surface area contributed by atoms with E-state index in [-0.39, 0.29) is 5.28 Å². The van der Waals surface area contributed by atoms with Gasteiger partial charge in [0.15, 0.2) is 0 Å². The minimum Gasteiger partial charge on any atom is -0.352 e. The Morgan fingerprint density at radius 1 is 1.10 bits per heavy atom. The standard InChI is InChI=1S/C15H26ClN5/c1-11(2)7-6-8-12(3)17-14-18-13(16)19-15(20-14)21-9-4-5-10-21/h11-12H,4-10H2,1-3H3,(H,17,18,19,20). The molecule has 0 saturated carbocycles. The molecule has 1 atom stereocenters. The summed E-state index contributed by atoms with van der Waals surface area (Å²) in [6.07, 6.45) is 5.96. The summed E-state index contributed by atoms with van der Waals surface area (Å²) in [5, 5.41) is 3.61. The topological polar surface area (TPSA) is 53.9 Å². The molecular weight excluding hydrogens is 286 g/mol. The zero-order valence-corrected chi connectivity index (χ0v) is 14.0. The SMILES string of the molecule is CC(C)CCCC(C)Nc1nc(Cl)nc(N2CCCC2)n1. The van der Waals surface area contributed by atoms with Gasteiger partial charge in [0.25, 0.3) is 0 Å². The molecule has 2 rings (SSSR count). The van der Waals surface area contributed by atoms with Crippen LogP contribution in [0.4, 0.5) is 11.9 Å². The van der Waals surface area contributed by atoms with Crippen molar-refractivity contribution in [1.29, 1.82) is 0 Å². The lowest BCUT2D eigenvalue weighted by atomic mass is 10.0. The largest absolute Gasteiger partial charge is 0.352 e. The van der Waals surface area contributed by atoms with E-state index in [0.717, 1.165) is 25.4 Å². The Bertz CT molecular complexity index is 446. The van der Waals surface area contributed by atoms with E-state index in [0.29, 0.717) is 17.9 Å². The maximum atomic E-state index is 6.03. The molecule has 2 heterocycles. The van der Waals surface area contributed by atoms with Gasteiger partial charge in [-0.2, -0.15) is 15.0 Å². The van der Waals surface area contributed by atoms with Crippen molar-refractivity contribution in [2.24, 2.45) is 5.92 Å². The molecule has 0 aliphatic carbocycles. The van der Waals surface area contributed by atoms with Crippen LogP contribution >= 0.6 is 11.6 Å². The van der Waals surface area contributed by atoms with Crippen LogP contribution in [0.2, 0.25) is 5.28 Å². The van der Waals surface area contributed by atoms with Crippen LogP contribution < -0.4 is 10.2 Å². The average Bonchev–Trinajstić information content (AvgIpc) is 2.91. The monoisotopic (exact) mass is 311 g/mol. The summed E-state index contributed by atoms with van der Waals surface area (Å²) in [4.78, 5) is 15.1. The molecular formula is C15H26ClN5. The molecule has 1 saturated heterocycles. The number of rotatable bonds is 7. The van der Waals surface area contributed by atoms with Crippen molar-refractivity contribution in [3.63, 3.8) is 0 Å². The molecule has 0 bridgehead atoms. The van der Waals surface area contributed by atoms with Gasteiger partial charge in [0.05, 0.1) is 0 Å². The number of nitrogens with zero attached hydrogens (tertiary/aromatic N) is 4. The second-order valence-electron chi connectivity index (χ2n) is 6.29. The summed E-state index contributed by atoms with van der Waals surface area (Å²) in [6, 6.07) is 0.341. The quantitative estimate of drug-likeness (QED) is 0.831. The van der Waals surface area contributed by atoms with Crippen LogP contribution in [0.15, 0.2) is 0 Å². The fourth-order valence-corrected chi connectivity index (χ4v) is 2.74. The fraction of sp³-hybridized carbons (Fsp3) is 0.800. The summed E-state index contributed by atoms with van der Waals surface area (Å²) in [6.45, 7) is 8.68. The van der Waals surface area contributed by atoms with Gasteiger partial charge in [-0.05, 0) is 43.7 Å². The Hall–Kier alpha value is -1.10. The lowest BCUT2D eigenvalue weighted by molar-refractivity contribution is 0.519. The van der Waals surface area contributed by atoms with Gasteiger partial charge < -0.3 is 10.2 Å². The van der Waals surface area contributed by atoms with E-state index in [4.69, 9.17) is 11.6 Å². The van der Waals surface area contributed by atoms with Gasteiger partial charge in [-0.25, -0.2) is 0 Å². The van der Waals surface area contributed by atoms with Gasteiger partial charge in [0.1, 0.15) is 0 Å². The molecule has 0 spiro atoms. The fourth-order valence-electron chi connectivity index (χ4n) is 2.59. The Labute approximate surface area is 132 Å². The minimum absolute atomic E-state index is 0.267. The predicted molar refractivity (Wildman–Crippen MR) is 88.1 cm³/mol. The molecule has 1 aliphatic rings. The summed E-state index contributed by atoms with van der Waals surface area (Å²) < 4.78 is 0. The smallest absolute Gasteiger partial charge is 0.231 e. The van der Waals surface area contributed by atoms with Crippen LogP contribution in [0, 0.1) is 5.92 Å². The van der Waals surface area contributed by atoms with Crippen molar-refractivity contribution in [3.05, 3.63) is 5.28 Å². The predicted octanol–water partition coefficient (Wildman–Crippen LogP) is 3.75. The van der Waals surface area contributed by atoms with Gasteiger partial charge in [-0.15, -0.1) is 0 Å². The first-order valence-electron chi connectivity index (χ1n) is 7.97. The van der Waals surface area contributed by atoms with E-state index in [1.807, 2.05) is 0 Å². The summed E-state index contributed by atoms with van der Waals surface area (Å²) >= 11 is 6.03. The van der Waals surface area contributed by atoms with E-state index < -0.39 is 0 Å². The maximum absolute atomic E-state index is 6.03. The Morgan fingerprint density at radius 3 is 2.48 bits per heavy atom. The molecule has 1 aliphatic heterocycles. The molecule has 5 nitrogen and oxygen atoms in total. The Kier molecular flexibility index (Phi) is 6.03. The van der Waals surface area contributed by atoms with Gasteiger partial charge in [0, 0.05) is 19.1 Å². The normalized spacial score (nSPS) is 16.5. The number of hydrogen-bond donors (Lipinski definition) is 1. The zero-order valence-electron chi connectivity index (χ0n) is 13.3. The van der Waals surface area contributed by atoms with E-state index in [1.54, 1.807) is 0 Å². The summed E-state index contributed by atoms with van der Waals surface area (Å²) in [5.74, 6) is 2.05. The molecule has 0 aromatic carbocycles. The van der Waals surface area contributed by atoms with Crippen LogP contribution in [0.25, 0.3) is 0 Å². The third kappa shape index (κ3) is 5.30. The van der Waals surface area contributed by atoms with Crippen LogP contribution in [0.3, 0.4) is 0 Å². The highest BCUT2D eigenvalue weighted by Gasteiger charge is 2.17. The second kappa shape index (κ2) is 7.78. The lowest BCUT2D eigenvalue weighted by Gasteiger charge is -2.18. The van der Waals surface area contributed by atoms with Gasteiger partial charge in [-0.1, -0.05) is 26.7 Å². The van der Waals surface area contributed by atoms with Crippen LogP contribution in [0.5, 0.6) is 0 Å². The van der Waals surface area contributed by atoms with Crippen molar-refractivity contribution in [1.82, 2.24) is 15.0 Å². The van der Waals surface area contributed by atoms with Gasteiger partial charge in [0.2, 0.25) is 17.2 Å². The number of nitrogens with one attached hydrogen (secondary N) is 1. The van der Waals surface area contributed by atoms with Gasteiger partial charge in [-0.3, -0.25) is 0 Å². The molecule has 1 fully saturated rings.